The molecule has 0 spiro atoms. The molecule has 1 heterocycles. The van der Waals surface area contributed by atoms with Gasteiger partial charge in [-0.25, -0.2) is 0 Å². The summed E-state index contributed by atoms with van der Waals surface area (Å²) in [6.07, 6.45) is 4.51. The molecule has 0 atom stereocenters. The smallest absolute Gasteiger partial charge is 0.226 e. The normalized spacial score (nSPS) is 17.4. The number of carbonyl (C=O) groups is 1. The molecular formula is C8H13NO. The second-order valence-corrected chi connectivity index (χ2v) is 2.58. The highest BCUT2D eigenvalue weighted by atomic mass is 16.2. The predicted molar refractivity (Wildman–Crippen MR) is 40.6 cm³/mol. The Hall–Kier alpha value is -0.790. The Labute approximate surface area is 61.5 Å². The van der Waals surface area contributed by atoms with Crippen LogP contribution in [-0.4, -0.2) is 23.9 Å². The van der Waals surface area contributed by atoms with Crippen molar-refractivity contribution in [2.75, 3.05) is 13.1 Å². The Bertz CT molecular complexity index is 136. The number of amides is 1. The van der Waals surface area contributed by atoms with Gasteiger partial charge in [-0.15, -0.1) is 6.58 Å². The van der Waals surface area contributed by atoms with Crippen molar-refractivity contribution in [2.45, 2.75) is 19.3 Å². The fourth-order valence-electron chi connectivity index (χ4n) is 1.22. The highest BCUT2D eigenvalue weighted by molar-refractivity contribution is 5.77. The van der Waals surface area contributed by atoms with Crippen LogP contribution in [0.4, 0.5) is 0 Å². The summed E-state index contributed by atoms with van der Waals surface area (Å²) in [6.45, 7) is 5.43. The molecule has 0 aliphatic carbocycles. The van der Waals surface area contributed by atoms with E-state index in [4.69, 9.17) is 0 Å². The quantitative estimate of drug-likeness (QED) is 0.526. The first kappa shape index (κ1) is 7.32. The van der Waals surface area contributed by atoms with Crippen molar-refractivity contribution in [1.82, 2.24) is 4.90 Å². The van der Waals surface area contributed by atoms with Gasteiger partial charge in [-0.3, -0.25) is 4.79 Å². The summed E-state index contributed by atoms with van der Waals surface area (Å²) in [5.74, 6) is 0.229. The van der Waals surface area contributed by atoms with Gasteiger partial charge >= 0.3 is 0 Å². The van der Waals surface area contributed by atoms with Crippen molar-refractivity contribution in [3.05, 3.63) is 12.7 Å². The van der Waals surface area contributed by atoms with Gasteiger partial charge in [0.15, 0.2) is 0 Å². The van der Waals surface area contributed by atoms with Gasteiger partial charge in [0, 0.05) is 19.5 Å². The first-order chi connectivity index (χ1) is 4.84. The van der Waals surface area contributed by atoms with E-state index in [2.05, 4.69) is 6.58 Å². The van der Waals surface area contributed by atoms with Crippen molar-refractivity contribution in [3.63, 3.8) is 0 Å². The molecular weight excluding hydrogens is 126 g/mol. The fourth-order valence-corrected chi connectivity index (χ4v) is 1.22. The molecule has 10 heavy (non-hydrogen) atoms. The molecule has 1 aliphatic rings. The second kappa shape index (κ2) is 3.40. The lowest BCUT2D eigenvalue weighted by molar-refractivity contribution is -0.129. The van der Waals surface area contributed by atoms with Crippen LogP contribution in [0.15, 0.2) is 12.7 Å². The molecule has 0 aromatic heterocycles. The van der Waals surface area contributed by atoms with E-state index in [9.17, 15) is 4.79 Å². The van der Waals surface area contributed by atoms with Crippen molar-refractivity contribution >= 4 is 5.91 Å². The predicted octanol–water partition coefficient (Wildman–Crippen LogP) is 1.18. The number of likely N-dealkylation sites (tertiary alicyclic amines) is 1. The Balaban J connectivity index is 2.32. The number of carbonyl (C=O) groups excluding carboxylic acids is 1. The molecule has 0 radical (unpaired) electrons. The van der Waals surface area contributed by atoms with Gasteiger partial charge in [0.05, 0.1) is 0 Å². The second-order valence-electron chi connectivity index (χ2n) is 2.58. The molecule has 2 heteroatoms. The minimum Gasteiger partial charge on any atom is -0.342 e. The Morgan fingerprint density at radius 3 is 2.60 bits per heavy atom. The minimum atomic E-state index is 0.229. The van der Waals surface area contributed by atoms with Gasteiger partial charge in [-0.05, 0) is 12.8 Å². The zero-order valence-corrected chi connectivity index (χ0v) is 6.18. The minimum absolute atomic E-state index is 0.229. The van der Waals surface area contributed by atoms with Crippen molar-refractivity contribution in [1.29, 1.82) is 0 Å². The largest absolute Gasteiger partial charge is 0.342 e. The molecule has 1 rings (SSSR count). The van der Waals surface area contributed by atoms with Crippen molar-refractivity contribution in [2.24, 2.45) is 0 Å². The summed E-state index contributed by atoms with van der Waals surface area (Å²) in [7, 11) is 0. The highest BCUT2D eigenvalue weighted by Crippen LogP contribution is 2.08. The van der Waals surface area contributed by atoms with Gasteiger partial charge in [0.1, 0.15) is 0 Å². The van der Waals surface area contributed by atoms with E-state index in [0.29, 0.717) is 6.42 Å². The van der Waals surface area contributed by atoms with Crippen LogP contribution in [0.1, 0.15) is 19.3 Å². The number of rotatable bonds is 2. The third-order valence-electron chi connectivity index (χ3n) is 1.78. The van der Waals surface area contributed by atoms with Gasteiger partial charge in [-0.1, -0.05) is 6.08 Å². The van der Waals surface area contributed by atoms with Crippen LogP contribution in [0.5, 0.6) is 0 Å². The lowest BCUT2D eigenvalue weighted by Gasteiger charge is -2.12. The SMILES string of the molecule is C=CCC(=O)N1CCCC1. The zero-order valence-electron chi connectivity index (χ0n) is 6.18. The topological polar surface area (TPSA) is 20.3 Å². The molecule has 0 saturated carbocycles. The van der Waals surface area contributed by atoms with Crippen LogP contribution >= 0.6 is 0 Å². The van der Waals surface area contributed by atoms with Crippen LogP contribution in [0.25, 0.3) is 0 Å². The third kappa shape index (κ3) is 1.59. The highest BCUT2D eigenvalue weighted by Gasteiger charge is 2.15. The van der Waals surface area contributed by atoms with Gasteiger partial charge < -0.3 is 4.90 Å². The maximum atomic E-state index is 11.1. The van der Waals surface area contributed by atoms with E-state index in [-0.39, 0.29) is 5.91 Å². The molecule has 2 nitrogen and oxygen atoms in total. The van der Waals surface area contributed by atoms with Crippen LogP contribution in [-0.2, 0) is 4.79 Å². The monoisotopic (exact) mass is 139 g/mol. The standard InChI is InChI=1S/C8H13NO/c1-2-5-8(10)9-6-3-4-7-9/h2H,1,3-7H2. The van der Waals surface area contributed by atoms with Crippen LogP contribution in [0.2, 0.25) is 0 Å². The van der Waals surface area contributed by atoms with E-state index in [1.807, 2.05) is 4.90 Å². The van der Waals surface area contributed by atoms with Crippen LogP contribution < -0.4 is 0 Å². The molecule has 1 aliphatic heterocycles. The summed E-state index contributed by atoms with van der Waals surface area (Å²) in [5, 5.41) is 0. The third-order valence-corrected chi connectivity index (χ3v) is 1.78. The molecule has 0 bridgehead atoms. The summed E-state index contributed by atoms with van der Waals surface area (Å²) in [5.41, 5.74) is 0. The van der Waals surface area contributed by atoms with E-state index >= 15 is 0 Å². The van der Waals surface area contributed by atoms with Gasteiger partial charge in [-0.2, -0.15) is 0 Å². The fraction of sp³-hybridized carbons (Fsp3) is 0.625. The zero-order chi connectivity index (χ0) is 7.40. The van der Waals surface area contributed by atoms with E-state index in [1.165, 1.54) is 12.8 Å². The number of hydrogen-bond donors (Lipinski definition) is 0. The first-order valence-corrected chi connectivity index (χ1v) is 3.73. The maximum Gasteiger partial charge on any atom is 0.226 e. The lowest BCUT2D eigenvalue weighted by Crippen LogP contribution is -2.26. The summed E-state index contributed by atoms with van der Waals surface area (Å²) in [4.78, 5) is 13.0. The van der Waals surface area contributed by atoms with Crippen LogP contribution in [0, 0.1) is 0 Å². The molecule has 0 aromatic carbocycles. The summed E-state index contributed by atoms with van der Waals surface area (Å²) < 4.78 is 0. The summed E-state index contributed by atoms with van der Waals surface area (Å²) >= 11 is 0. The van der Waals surface area contributed by atoms with Gasteiger partial charge in [0.2, 0.25) is 5.91 Å². The molecule has 1 amide bonds. The molecule has 1 saturated heterocycles. The van der Waals surface area contributed by atoms with Crippen molar-refractivity contribution < 1.29 is 4.79 Å². The number of hydrogen-bond acceptors (Lipinski definition) is 1. The number of nitrogens with zero attached hydrogens (tertiary/aromatic N) is 1. The molecule has 0 unspecified atom stereocenters. The van der Waals surface area contributed by atoms with Crippen molar-refractivity contribution in [3.8, 4) is 0 Å². The summed E-state index contributed by atoms with van der Waals surface area (Å²) in [6, 6.07) is 0. The average Bonchev–Trinajstić information content (AvgIpc) is 2.38. The maximum absolute atomic E-state index is 11.1. The first-order valence-electron chi connectivity index (χ1n) is 3.73. The van der Waals surface area contributed by atoms with E-state index in [0.717, 1.165) is 13.1 Å². The van der Waals surface area contributed by atoms with E-state index in [1.54, 1.807) is 6.08 Å². The Kier molecular flexibility index (Phi) is 2.49. The lowest BCUT2D eigenvalue weighted by atomic mass is 10.4. The van der Waals surface area contributed by atoms with E-state index < -0.39 is 0 Å². The molecule has 56 valence electrons. The van der Waals surface area contributed by atoms with Crippen LogP contribution in [0.3, 0.4) is 0 Å². The Morgan fingerprint density at radius 2 is 2.10 bits per heavy atom. The van der Waals surface area contributed by atoms with Gasteiger partial charge in [0.25, 0.3) is 0 Å². The molecule has 1 fully saturated rings. The molecule has 0 aromatic rings. The average molecular weight is 139 g/mol. The Morgan fingerprint density at radius 1 is 1.50 bits per heavy atom. The molecule has 0 N–H and O–H groups in total.